The van der Waals surface area contributed by atoms with Gasteiger partial charge >= 0.3 is 0 Å². The van der Waals surface area contributed by atoms with Crippen molar-refractivity contribution in [3.63, 3.8) is 0 Å². The van der Waals surface area contributed by atoms with E-state index in [0.717, 1.165) is 25.7 Å². The molecule has 1 N–H and O–H groups in total. The largest absolute Gasteiger partial charge is 0.396 e. The van der Waals surface area contributed by atoms with E-state index >= 15 is 0 Å². The average molecular weight is 142 g/mol. The van der Waals surface area contributed by atoms with E-state index in [2.05, 4.69) is 10.2 Å². The van der Waals surface area contributed by atoms with E-state index in [9.17, 15) is 0 Å². The molecule has 0 spiro atoms. The number of unbranched alkanes of at least 4 members (excludes halogenated alkanes) is 2. The van der Waals surface area contributed by atoms with Crippen molar-refractivity contribution in [1.29, 1.82) is 0 Å². The standard InChI is InChI=1S/C7H14N2O/c1-7(8-9-7)5-3-2-4-6-10/h10H,2-6H2,1H3. The SMILES string of the molecule is CC1(CCCCCO)N=N1. The smallest absolute Gasteiger partial charge is 0.188 e. The summed E-state index contributed by atoms with van der Waals surface area (Å²) in [6.45, 7) is 2.34. The van der Waals surface area contributed by atoms with E-state index in [1.54, 1.807) is 0 Å². The lowest BCUT2D eigenvalue weighted by Gasteiger charge is -2.01. The molecular formula is C7H14N2O. The van der Waals surface area contributed by atoms with E-state index < -0.39 is 0 Å². The summed E-state index contributed by atoms with van der Waals surface area (Å²) in [4.78, 5) is 0. The molecule has 1 rings (SSSR count). The summed E-state index contributed by atoms with van der Waals surface area (Å²) in [6, 6.07) is 0. The van der Waals surface area contributed by atoms with Crippen LogP contribution in [0, 0.1) is 0 Å². The van der Waals surface area contributed by atoms with Crippen LogP contribution in [0.25, 0.3) is 0 Å². The van der Waals surface area contributed by atoms with Crippen LogP contribution >= 0.6 is 0 Å². The molecule has 3 nitrogen and oxygen atoms in total. The van der Waals surface area contributed by atoms with E-state index in [4.69, 9.17) is 5.11 Å². The van der Waals surface area contributed by atoms with E-state index in [1.807, 2.05) is 6.92 Å². The fraction of sp³-hybridized carbons (Fsp3) is 1.00. The lowest BCUT2D eigenvalue weighted by molar-refractivity contribution is 0.281. The van der Waals surface area contributed by atoms with Crippen LogP contribution in [-0.4, -0.2) is 17.4 Å². The minimum Gasteiger partial charge on any atom is -0.396 e. The van der Waals surface area contributed by atoms with Crippen LogP contribution in [0.3, 0.4) is 0 Å². The van der Waals surface area contributed by atoms with Crippen LogP contribution in [0.4, 0.5) is 0 Å². The molecule has 0 saturated carbocycles. The van der Waals surface area contributed by atoms with Crippen LogP contribution in [-0.2, 0) is 0 Å². The molecular weight excluding hydrogens is 128 g/mol. The Morgan fingerprint density at radius 2 is 1.90 bits per heavy atom. The molecule has 0 aromatic rings. The summed E-state index contributed by atoms with van der Waals surface area (Å²) in [5.41, 5.74) is -0.0323. The van der Waals surface area contributed by atoms with Crippen molar-refractivity contribution in [3.8, 4) is 0 Å². The Labute approximate surface area is 61.2 Å². The number of aliphatic hydroxyl groups excluding tert-OH is 1. The summed E-state index contributed by atoms with van der Waals surface area (Å²) in [5.74, 6) is 0. The van der Waals surface area contributed by atoms with Crippen molar-refractivity contribution in [2.45, 2.75) is 38.3 Å². The van der Waals surface area contributed by atoms with Crippen LogP contribution in [0.1, 0.15) is 32.6 Å². The van der Waals surface area contributed by atoms with Gasteiger partial charge in [-0.2, -0.15) is 10.2 Å². The van der Waals surface area contributed by atoms with E-state index in [-0.39, 0.29) is 5.66 Å². The molecule has 0 aliphatic carbocycles. The molecule has 0 unspecified atom stereocenters. The van der Waals surface area contributed by atoms with Crippen LogP contribution in [0.15, 0.2) is 10.2 Å². The molecule has 10 heavy (non-hydrogen) atoms. The predicted octanol–water partition coefficient (Wildman–Crippen LogP) is 1.72. The lowest BCUT2D eigenvalue weighted by Crippen LogP contribution is -2.02. The number of rotatable bonds is 5. The Morgan fingerprint density at radius 1 is 1.20 bits per heavy atom. The van der Waals surface area contributed by atoms with Crippen molar-refractivity contribution >= 4 is 0 Å². The summed E-state index contributed by atoms with van der Waals surface area (Å²) in [6.07, 6.45) is 4.18. The fourth-order valence-electron chi connectivity index (χ4n) is 0.934. The van der Waals surface area contributed by atoms with Crippen molar-refractivity contribution in [2.24, 2.45) is 10.2 Å². The average Bonchev–Trinajstić information content (AvgIpc) is 2.62. The lowest BCUT2D eigenvalue weighted by atomic mass is 10.1. The molecule has 1 aliphatic heterocycles. The molecule has 0 aromatic carbocycles. The van der Waals surface area contributed by atoms with Gasteiger partial charge in [0.2, 0.25) is 0 Å². The number of hydrogen-bond donors (Lipinski definition) is 1. The summed E-state index contributed by atoms with van der Waals surface area (Å²) in [7, 11) is 0. The van der Waals surface area contributed by atoms with E-state index in [1.165, 1.54) is 0 Å². The van der Waals surface area contributed by atoms with Gasteiger partial charge in [0, 0.05) is 6.61 Å². The minimum atomic E-state index is -0.0323. The van der Waals surface area contributed by atoms with Gasteiger partial charge in [-0.25, -0.2) is 0 Å². The molecule has 0 fully saturated rings. The van der Waals surface area contributed by atoms with Crippen molar-refractivity contribution in [1.82, 2.24) is 0 Å². The molecule has 0 bridgehead atoms. The third-order valence-corrected chi connectivity index (χ3v) is 1.75. The molecule has 0 amide bonds. The Hall–Kier alpha value is -0.440. The summed E-state index contributed by atoms with van der Waals surface area (Å²) in [5, 5.41) is 16.3. The second kappa shape index (κ2) is 3.10. The highest BCUT2D eigenvalue weighted by Gasteiger charge is 2.32. The molecule has 58 valence electrons. The maximum absolute atomic E-state index is 8.46. The predicted molar refractivity (Wildman–Crippen MR) is 38.8 cm³/mol. The highest BCUT2D eigenvalue weighted by molar-refractivity contribution is 4.87. The van der Waals surface area contributed by atoms with Crippen LogP contribution < -0.4 is 0 Å². The Morgan fingerprint density at radius 3 is 2.40 bits per heavy atom. The van der Waals surface area contributed by atoms with E-state index in [0.29, 0.717) is 6.61 Å². The molecule has 3 heteroatoms. The second-order valence-electron chi connectivity index (χ2n) is 2.95. The van der Waals surface area contributed by atoms with Crippen molar-refractivity contribution in [2.75, 3.05) is 6.61 Å². The minimum absolute atomic E-state index is 0.0323. The molecule has 1 aliphatic rings. The monoisotopic (exact) mass is 142 g/mol. The summed E-state index contributed by atoms with van der Waals surface area (Å²) >= 11 is 0. The van der Waals surface area contributed by atoms with Gasteiger partial charge in [-0.05, 0) is 26.2 Å². The van der Waals surface area contributed by atoms with Crippen molar-refractivity contribution < 1.29 is 5.11 Å². The number of hydrogen-bond acceptors (Lipinski definition) is 3. The second-order valence-corrected chi connectivity index (χ2v) is 2.95. The molecule has 0 saturated heterocycles. The van der Waals surface area contributed by atoms with Crippen LogP contribution in [0.5, 0.6) is 0 Å². The van der Waals surface area contributed by atoms with Gasteiger partial charge in [-0.3, -0.25) is 0 Å². The van der Waals surface area contributed by atoms with Gasteiger partial charge in [0.1, 0.15) is 0 Å². The first-order valence-corrected chi connectivity index (χ1v) is 3.82. The zero-order valence-corrected chi connectivity index (χ0v) is 6.38. The first kappa shape index (κ1) is 7.66. The molecule has 0 atom stereocenters. The Kier molecular flexibility index (Phi) is 2.38. The third-order valence-electron chi connectivity index (χ3n) is 1.75. The van der Waals surface area contributed by atoms with Gasteiger partial charge < -0.3 is 5.11 Å². The topological polar surface area (TPSA) is 45.0 Å². The van der Waals surface area contributed by atoms with Gasteiger partial charge in [0.05, 0.1) is 0 Å². The molecule has 0 radical (unpaired) electrons. The highest BCUT2D eigenvalue weighted by Crippen LogP contribution is 2.32. The Bertz CT molecular complexity index is 128. The fourth-order valence-corrected chi connectivity index (χ4v) is 0.934. The number of nitrogens with zero attached hydrogens (tertiary/aromatic N) is 2. The van der Waals surface area contributed by atoms with Gasteiger partial charge in [-0.1, -0.05) is 6.42 Å². The molecule has 1 heterocycles. The van der Waals surface area contributed by atoms with Crippen LogP contribution in [0.2, 0.25) is 0 Å². The zero-order valence-electron chi connectivity index (χ0n) is 6.38. The third kappa shape index (κ3) is 2.43. The zero-order chi connectivity index (χ0) is 7.45. The first-order chi connectivity index (χ1) is 4.77. The quantitative estimate of drug-likeness (QED) is 0.583. The normalized spacial score (nSPS) is 19.4. The van der Waals surface area contributed by atoms with Crippen molar-refractivity contribution in [3.05, 3.63) is 0 Å². The first-order valence-electron chi connectivity index (χ1n) is 3.82. The highest BCUT2D eigenvalue weighted by atomic mass is 16.2. The number of aliphatic hydroxyl groups is 1. The maximum Gasteiger partial charge on any atom is 0.188 e. The van der Waals surface area contributed by atoms with Gasteiger partial charge in [-0.15, -0.1) is 0 Å². The maximum atomic E-state index is 8.46. The van der Waals surface area contributed by atoms with Gasteiger partial charge in [0.25, 0.3) is 0 Å². The molecule has 0 aromatic heterocycles. The van der Waals surface area contributed by atoms with Gasteiger partial charge in [0.15, 0.2) is 5.66 Å². The summed E-state index contributed by atoms with van der Waals surface area (Å²) < 4.78 is 0. The Balaban J connectivity index is 1.86.